The van der Waals surface area contributed by atoms with E-state index in [4.69, 9.17) is 16.3 Å². The lowest BCUT2D eigenvalue weighted by atomic mass is 9.75. The summed E-state index contributed by atoms with van der Waals surface area (Å²) in [6.45, 7) is 12.1. The van der Waals surface area contributed by atoms with E-state index in [1.54, 1.807) is 5.01 Å². The van der Waals surface area contributed by atoms with E-state index in [0.717, 1.165) is 65.7 Å². The fourth-order valence-corrected chi connectivity index (χ4v) is 6.52. The zero-order chi connectivity index (χ0) is 28.7. The number of hydrogen-bond acceptors (Lipinski definition) is 5. The fraction of sp³-hybridized carbons (Fsp3) is 0.265. The minimum absolute atomic E-state index is 0.125. The number of para-hydroxylation sites is 1. The zero-order valence-electron chi connectivity index (χ0n) is 23.9. The number of hydrogen-bond donors (Lipinski definition) is 1. The number of carbonyl (C=O) groups excluding carboxylic acids is 1. The largest absolute Gasteiger partial charge is 0.456 e. The van der Waals surface area contributed by atoms with Crippen molar-refractivity contribution in [2.75, 3.05) is 41.4 Å². The van der Waals surface area contributed by atoms with Crippen molar-refractivity contribution in [3.8, 4) is 11.5 Å². The number of rotatable bonds is 8. The van der Waals surface area contributed by atoms with E-state index in [9.17, 15) is 4.79 Å². The first-order chi connectivity index (χ1) is 20.0. The van der Waals surface area contributed by atoms with Crippen LogP contribution < -0.4 is 20.0 Å². The Hall–Kier alpha value is -4.16. The van der Waals surface area contributed by atoms with Crippen LogP contribution in [0.5, 0.6) is 11.5 Å². The van der Waals surface area contributed by atoms with E-state index in [2.05, 4.69) is 85.4 Å². The molecule has 0 radical (unpaired) electrons. The van der Waals surface area contributed by atoms with Gasteiger partial charge in [0.15, 0.2) is 0 Å². The number of benzene rings is 4. The predicted molar refractivity (Wildman–Crippen MR) is 168 cm³/mol. The third kappa shape index (κ3) is 4.12. The summed E-state index contributed by atoms with van der Waals surface area (Å²) in [5.41, 5.74) is 8.62. The van der Waals surface area contributed by atoms with Crippen molar-refractivity contribution in [3.63, 3.8) is 0 Å². The molecule has 2 heterocycles. The number of carbonyl (C=O) groups is 1. The van der Waals surface area contributed by atoms with Gasteiger partial charge in [0.25, 0.3) is 5.91 Å². The number of ether oxygens (including phenoxy) is 1. The molecule has 6 rings (SSSR count). The third-order valence-corrected chi connectivity index (χ3v) is 8.71. The van der Waals surface area contributed by atoms with Crippen LogP contribution in [0.2, 0.25) is 5.02 Å². The van der Waals surface area contributed by atoms with Crippen LogP contribution >= 0.6 is 11.6 Å². The molecular formula is C34H35ClN4O2. The third-order valence-electron chi connectivity index (χ3n) is 8.38. The lowest BCUT2D eigenvalue weighted by Crippen LogP contribution is -2.50. The molecule has 0 unspecified atom stereocenters. The summed E-state index contributed by atoms with van der Waals surface area (Å²) in [7, 11) is 0. The Kier molecular flexibility index (Phi) is 7.04. The van der Waals surface area contributed by atoms with Gasteiger partial charge in [0.1, 0.15) is 17.0 Å². The van der Waals surface area contributed by atoms with E-state index in [1.165, 1.54) is 0 Å². The molecule has 4 aromatic carbocycles. The molecule has 41 heavy (non-hydrogen) atoms. The molecule has 0 bridgehead atoms. The van der Waals surface area contributed by atoms with Crippen molar-refractivity contribution in [2.24, 2.45) is 0 Å². The fourth-order valence-electron chi connectivity index (χ4n) is 6.34. The van der Waals surface area contributed by atoms with Crippen molar-refractivity contribution < 1.29 is 9.53 Å². The van der Waals surface area contributed by atoms with E-state index in [-0.39, 0.29) is 5.91 Å². The maximum absolute atomic E-state index is 14.3. The highest BCUT2D eigenvalue weighted by Gasteiger charge is 2.57. The lowest BCUT2D eigenvalue weighted by Gasteiger charge is -2.44. The number of nitrogens with zero attached hydrogens (tertiary/aromatic N) is 3. The average molecular weight is 567 g/mol. The molecule has 1 amide bonds. The van der Waals surface area contributed by atoms with Crippen LogP contribution in [0.15, 0.2) is 84.9 Å². The second-order valence-electron chi connectivity index (χ2n) is 10.3. The summed E-state index contributed by atoms with van der Waals surface area (Å²) in [6, 6.07) is 28.1. The Balaban J connectivity index is 1.66. The Morgan fingerprint density at radius 2 is 1.27 bits per heavy atom. The van der Waals surface area contributed by atoms with Gasteiger partial charge < -0.3 is 14.5 Å². The Morgan fingerprint density at radius 3 is 1.83 bits per heavy atom. The molecule has 0 saturated carbocycles. The van der Waals surface area contributed by atoms with Crippen molar-refractivity contribution in [3.05, 3.63) is 112 Å². The summed E-state index contributed by atoms with van der Waals surface area (Å²) < 4.78 is 6.75. The lowest BCUT2D eigenvalue weighted by molar-refractivity contribution is 0.0724. The van der Waals surface area contributed by atoms with E-state index in [1.807, 2.05) is 42.5 Å². The number of amides is 1. The van der Waals surface area contributed by atoms with Crippen LogP contribution in [0.1, 0.15) is 54.7 Å². The Labute approximate surface area is 247 Å². The smallest absolute Gasteiger partial charge is 0.274 e. The minimum Gasteiger partial charge on any atom is -0.456 e. The molecule has 1 spiro atoms. The number of anilines is 3. The Morgan fingerprint density at radius 1 is 0.732 bits per heavy atom. The van der Waals surface area contributed by atoms with Gasteiger partial charge in [-0.1, -0.05) is 54.1 Å². The first kappa shape index (κ1) is 27.0. The van der Waals surface area contributed by atoms with Crippen LogP contribution in [0, 0.1) is 0 Å². The standard InChI is InChI=1S/C34H35ClN4O2/c1-5-37(6-2)23-17-19-27-31(21-23)41-32-22-24(38(7-3)8-4)18-20-28(32)34(27)26-14-10-9-13-25(26)33(40)39(34)36-30-16-12-11-15-29(30)35/h9-22,36H,5-8H2,1-4H3. The second-order valence-corrected chi connectivity index (χ2v) is 10.7. The van der Waals surface area contributed by atoms with Crippen LogP contribution in [-0.2, 0) is 5.54 Å². The Bertz CT molecular complexity index is 1550. The number of nitrogens with one attached hydrogen (secondary N) is 1. The highest BCUT2D eigenvalue weighted by molar-refractivity contribution is 6.33. The van der Waals surface area contributed by atoms with Gasteiger partial charge in [-0.25, -0.2) is 5.01 Å². The summed E-state index contributed by atoms with van der Waals surface area (Å²) in [4.78, 5) is 18.9. The van der Waals surface area contributed by atoms with E-state index >= 15 is 0 Å². The molecule has 7 heteroatoms. The van der Waals surface area contributed by atoms with Crippen LogP contribution in [0.25, 0.3) is 0 Å². The van der Waals surface area contributed by atoms with Crippen molar-refractivity contribution in [1.82, 2.24) is 5.01 Å². The van der Waals surface area contributed by atoms with Crippen LogP contribution in [-0.4, -0.2) is 37.1 Å². The maximum Gasteiger partial charge on any atom is 0.274 e. The molecule has 2 aliphatic heterocycles. The molecule has 2 aliphatic rings. The quantitative estimate of drug-likeness (QED) is 0.235. The van der Waals surface area contributed by atoms with E-state index < -0.39 is 5.54 Å². The monoisotopic (exact) mass is 566 g/mol. The number of halogens is 1. The second kappa shape index (κ2) is 10.7. The molecule has 0 atom stereocenters. The van der Waals surface area contributed by atoms with Crippen LogP contribution in [0.4, 0.5) is 17.1 Å². The van der Waals surface area contributed by atoms with Gasteiger partial charge in [0.2, 0.25) is 0 Å². The first-order valence-electron chi connectivity index (χ1n) is 14.4. The van der Waals surface area contributed by atoms with Gasteiger partial charge in [-0.2, -0.15) is 0 Å². The molecule has 0 aromatic heterocycles. The molecule has 210 valence electrons. The van der Waals surface area contributed by atoms with Crippen molar-refractivity contribution >= 4 is 34.6 Å². The maximum atomic E-state index is 14.3. The van der Waals surface area contributed by atoms with Crippen LogP contribution in [0.3, 0.4) is 0 Å². The van der Waals surface area contributed by atoms with Gasteiger partial charge >= 0.3 is 0 Å². The summed E-state index contributed by atoms with van der Waals surface area (Å²) >= 11 is 6.63. The highest BCUT2D eigenvalue weighted by atomic mass is 35.5. The number of hydrazine groups is 1. The zero-order valence-corrected chi connectivity index (χ0v) is 24.7. The van der Waals surface area contributed by atoms with Gasteiger partial charge in [-0.05, 0) is 58.0 Å². The average Bonchev–Trinajstić information content (AvgIpc) is 3.23. The van der Waals surface area contributed by atoms with Crippen molar-refractivity contribution in [1.29, 1.82) is 0 Å². The van der Waals surface area contributed by atoms with Gasteiger partial charge in [-0.3, -0.25) is 10.2 Å². The molecule has 0 aliphatic carbocycles. The summed E-state index contributed by atoms with van der Waals surface area (Å²) in [6.07, 6.45) is 0. The molecule has 4 aromatic rings. The normalized spacial score (nSPS) is 14.3. The molecule has 1 N–H and O–H groups in total. The SMILES string of the molecule is CCN(CC)c1ccc2c(c1)Oc1cc(N(CC)CC)ccc1C21c2ccccc2C(=O)N1Nc1ccccc1Cl. The van der Waals surface area contributed by atoms with Gasteiger partial charge in [0, 0.05) is 71.9 Å². The summed E-state index contributed by atoms with van der Waals surface area (Å²) in [5, 5.41) is 2.28. The molecule has 0 fully saturated rings. The highest BCUT2D eigenvalue weighted by Crippen LogP contribution is 2.58. The van der Waals surface area contributed by atoms with Gasteiger partial charge in [0.05, 0.1) is 10.7 Å². The van der Waals surface area contributed by atoms with Crippen molar-refractivity contribution in [2.45, 2.75) is 33.2 Å². The topological polar surface area (TPSA) is 48.1 Å². The predicted octanol–water partition coefficient (Wildman–Crippen LogP) is 7.91. The molecular weight excluding hydrogens is 532 g/mol. The molecule has 6 nitrogen and oxygen atoms in total. The van der Waals surface area contributed by atoms with Gasteiger partial charge in [-0.15, -0.1) is 0 Å². The van der Waals surface area contributed by atoms with E-state index in [0.29, 0.717) is 16.3 Å². The first-order valence-corrected chi connectivity index (χ1v) is 14.8. The summed E-state index contributed by atoms with van der Waals surface area (Å²) in [5.74, 6) is 1.34. The molecule has 0 saturated heterocycles. The number of fused-ring (bicyclic) bond motifs is 6. The minimum atomic E-state index is -0.987.